The SMILES string of the molecule is N#Cc1c(F)cccc1NS(=O)(=O)C1CCOCC1. The second kappa shape index (κ2) is 5.55. The van der Waals surface area contributed by atoms with Gasteiger partial charge in [-0.25, -0.2) is 12.8 Å². The van der Waals surface area contributed by atoms with Gasteiger partial charge in [-0.3, -0.25) is 4.72 Å². The molecular formula is C12H13FN2O3S. The van der Waals surface area contributed by atoms with E-state index in [1.54, 1.807) is 6.07 Å². The van der Waals surface area contributed by atoms with E-state index in [0.29, 0.717) is 26.1 Å². The summed E-state index contributed by atoms with van der Waals surface area (Å²) in [4.78, 5) is 0. The first-order valence-electron chi connectivity index (χ1n) is 5.82. The van der Waals surface area contributed by atoms with Crippen LogP contribution in [-0.4, -0.2) is 26.9 Å². The summed E-state index contributed by atoms with van der Waals surface area (Å²) in [6, 6.07) is 5.51. The molecule has 1 aromatic carbocycles. The zero-order valence-corrected chi connectivity index (χ0v) is 10.9. The van der Waals surface area contributed by atoms with Gasteiger partial charge in [-0.1, -0.05) is 6.07 Å². The van der Waals surface area contributed by atoms with Crippen molar-refractivity contribution >= 4 is 15.7 Å². The standard InChI is InChI=1S/C12H13FN2O3S/c13-11-2-1-3-12(10(11)8-14)15-19(16,17)9-4-6-18-7-5-9/h1-3,9,15H,4-7H2. The molecular weight excluding hydrogens is 271 g/mol. The average molecular weight is 284 g/mol. The molecule has 0 saturated carbocycles. The molecule has 0 bridgehead atoms. The molecule has 0 aliphatic carbocycles. The molecule has 1 aromatic rings. The Labute approximate surface area is 111 Å². The second-order valence-electron chi connectivity index (χ2n) is 4.23. The van der Waals surface area contributed by atoms with Crippen LogP contribution in [0.1, 0.15) is 18.4 Å². The van der Waals surface area contributed by atoms with Gasteiger partial charge < -0.3 is 4.74 Å². The minimum atomic E-state index is -3.63. The number of hydrogen-bond acceptors (Lipinski definition) is 4. The van der Waals surface area contributed by atoms with E-state index >= 15 is 0 Å². The Kier molecular flexibility index (Phi) is 4.02. The topological polar surface area (TPSA) is 79.2 Å². The molecule has 0 unspecified atom stereocenters. The molecule has 5 nitrogen and oxygen atoms in total. The zero-order chi connectivity index (χ0) is 13.9. The number of sulfonamides is 1. The molecule has 0 radical (unpaired) electrons. The van der Waals surface area contributed by atoms with Crippen molar-refractivity contribution in [2.75, 3.05) is 17.9 Å². The van der Waals surface area contributed by atoms with Crippen LogP contribution in [0.15, 0.2) is 18.2 Å². The largest absolute Gasteiger partial charge is 0.381 e. The van der Waals surface area contributed by atoms with E-state index in [9.17, 15) is 12.8 Å². The summed E-state index contributed by atoms with van der Waals surface area (Å²) in [6.07, 6.45) is 0.791. The normalized spacial score (nSPS) is 16.8. The van der Waals surface area contributed by atoms with Crippen LogP contribution in [0.25, 0.3) is 0 Å². The predicted molar refractivity (Wildman–Crippen MR) is 67.5 cm³/mol. The first-order valence-corrected chi connectivity index (χ1v) is 7.37. The van der Waals surface area contributed by atoms with Gasteiger partial charge in [0, 0.05) is 13.2 Å². The van der Waals surface area contributed by atoms with Crippen molar-refractivity contribution in [2.45, 2.75) is 18.1 Å². The summed E-state index contributed by atoms with van der Waals surface area (Å²) in [6.45, 7) is 0.777. The zero-order valence-electron chi connectivity index (χ0n) is 10.1. The molecule has 102 valence electrons. The van der Waals surface area contributed by atoms with E-state index < -0.39 is 21.1 Å². The fraction of sp³-hybridized carbons (Fsp3) is 0.417. The van der Waals surface area contributed by atoms with Crippen molar-refractivity contribution in [3.8, 4) is 6.07 Å². The van der Waals surface area contributed by atoms with Crippen molar-refractivity contribution in [3.05, 3.63) is 29.6 Å². The number of nitriles is 1. The molecule has 1 heterocycles. The van der Waals surface area contributed by atoms with Crippen LogP contribution in [-0.2, 0) is 14.8 Å². The number of ether oxygens (including phenoxy) is 1. The third kappa shape index (κ3) is 3.03. The monoisotopic (exact) mass is 284 g/mol. The number of benzene rings is 1. The van der Waals surface area contributed by atoms with Gasteiger partial charge in [0.2, 0.25) is 10.0 Å². The number of nitrogens with one attached hydrogen (secondary N) is 1. The van der Waals surface area contributed by atoms with Gasteiger partial charge in [0.25, 0.3) is 0 Å². The Balaban J connectivity index is 2.25. The Morgan fingerprint density at radius 2 is 2.05 bits per heavy atom. The van der Waals surface area contributed by atoms with Gasteiger partial charge in [-0.15, -0.1) is 0 Å². The summed E-state index contributed by atoms with van der Waals surface area (Å²) in [5.41, 5.74) is -0.313. The molecule has 2 rings (SSSR count). The van der Waals surface area contributed by atoms with Crippen molar-refractivity contribution in [2.24, 2.45) is 0 Å². The summed E-state index contributed by atoms with van der Waals surface area (Å²) in [7, 11) is -3.63. The van der Waals surface area contributed by atoms with Crippen LogP contribution in [0.2, 0.25) is 0 Å². The van der Waals surface area contributed by atoms with Gasteiger partial charge in [0.15, 0.2) is 0 Å². The number of halogens is 1. The summed E-state index contributed by atoms with van der Waals surface area (Å²) in [5, 5.41) is 8.29. The quantitative estimate of drug-likeness (QED) is 0.914. The smallest absolute Gasteiger partial charge is 0.235 e. The lowest BCUT2D eigenvalue weighted by Gasteiger charge is -2.23. The molecule has 19 heavy (non-hydrogen) atoms. The lowest BCUT2D eigenvalue weighted by molar-refractivity contribution is 0.0984. The summed E-state index contributed by atoms with van der Waals surface area (Å²) >= 11 is 0. The van der Waals surface area contributed by atoms with E-state index in [-0.39, 0.29) is 11.3 Å². The molecule has 0 spiro atoms. The lowest BCUT2D eigenvalue weighted by atomic mass is 10.2. The first kappa shape index (κ1) is 13.8. The van der Waals surface area contributed by atoms with Crippen molar-refractivity contribution in [1.82, 2.24) is 0 Å². The molecule has 0 amide bonds. The van der Waals surface area contributed by atoms with Crippen LogP contribution in [0.5, 0.6) is 0 Å². The highest BCUT2D eigenvalue weighted by atomic mass is 32.2. The minimum Gasteiger partial charge on any atom is -0.381 e. The van der Waals surface area contributed by atoms with E-state index in [2.05, 4.69) is 4.72 Å². The van der Waals surface area contributed by atoms with E-state index in [4.69, 9.17) is 10.00 Å². The fourth-order valence-electron chi connectivity index (χ4n) is 1.95. The molecule has 0 atom stereocenters. The number of anilines is 1. The molecule has 1 N–H and O–H groups in total. The highest BCUT2D eigenvalue weighted by Gasteiger charge is 2.28. The number of nitrogens with zero attached hydrogens (tertiary/aromatic N) is 1. The van der Waals surface area contributed by atoms with Gasteiger partial charge in [0.05, 0.1) is 10.9 Å². The van der Waals surface area contributed by atoms with Crippen molar-refractivity contribution in [1.29, 1.82) is 5.26 Å². The molecule has 1 fully saturated rings. The summed E-state index contributed by atoms with van der Waals surface area (Å²) in [5.74, 6) is -0.741. The third-order valence-electron chi connectivity index (χ3n) is 2.98. The van der Waals surface area contributed by atoms with E-state index in [1.807, 2.05) is 0 Å². The van der Waals surface area contributed by atoms with E-state index in [1.165, 1.54) is 12.1 Å². The van der Waals surface area contributed by atoms with Crippen LogP contribution < -0.4 is 4.72 Å². The second-order valence-corrected chi connectivity index (χ2v) is 6.19. The Morgan fingerprint density at radius 3 is 2.68 bits per heavy atom. The highest BCUT2D eigenvalue weighted by Crippen LogP contribution is 2.23. The molecule has 1 saturated heterocycles. The third-order valence-corrected chi connectivity index (χ3v) is 4.84. The van der Waals surface area contributed by atoms with Crippen LogP contribution in [0.3, 0.4) is 0 Å². The van der Waals surface area contributed by atoms with Gasteiger partial charge in [-0.2, -0.15) is 5.26 Å². The van der Waals surface area contributed by atoms with Crippen molar-refractivity contribution in [3.63, 3.8) is 0 Å². The molecule has 1 aliphatic heterocycles. The average Bonchev–Trinajstić information content (AvgIpc) is 2.40. The first-order chi connectivity index (χ1) is 9.04. The van der Waals surface area contributed by atoms with Gasteiger partial charge in [-0.05, 0) is 25.0 Å². The molecule has 7 heteroatoms. The van der Waals surface area contributed by atoms with Gasteiger partial charge in [0.1, 0.15) is 17.4 Å². The fourth-order valence-corrected chi connectivity index (χ4v) is 3.40. The molecule has 1 aliphatic rings. The Morgan fingerprint density at radius 1 is 1.37 bits per heavy atom. The number of rotatable bonds is 3. The van der Waals surface area contributed by atoms with Gasteiger partial charge >= 0.3 is 0 Å². The van der Waals surface area contributed by atoms with Crippen LogP contribution in [0, 0.1) is 17.1 Å². The summed E-state index contributed by atoms with van der Waals surface area (Å²) < 4.78 is 45.1. The predicted octanol–water partition coefficient (Wildman–Crippen LogP) is 1.62. The van der Waals surface area contributed by atoms with Crippen molar-refractivity contribution < 1.29 is 17.5 Å². The maximum Gasteiger partial charge on any atom is 0.235 e. The van der Waals surface area contributed by atoms with E-state index in [0.717, 1.165) is 6.07 Å². The van der Waals surface area contributed by atoms with Crippen LogP contribution in [0.4, 0.5) is 10.1 Å². The lowest BCUT2D eigenvalue weighted by Crippen LogP contribution is -2.33. The maximum atomic E-state index is 13.4. The maximum absolute atomic E-state index is 13.4. The minimum absolute atomic E-state index is 0.0195. The Hall–Kier alpha value is -1.65. The Bertz CT molecular complexity index is 604. The highest BCUT2D eigenvalue weighted by molar-refractivity contribution is 7.93. The molecule has 0 aromatic heterocycles. The van der Waals surface area contributed by atoms with Crippen LogP contribution >= 0.6 is 0 Å². The number of hydrogen-bond donors (Lipinski definition) is 1.